The summed E-state index contributed by atoms with van der Waals surface area (Å²) in [5.41, 5.74) is 1.25. The Morgan fingerprint density at radius 1 is 0.750 bits per heavy atom. The molecule has 5 aromatic rings. The number of aromatic nitrogens is 1. The Morgan fingerprint density at radius 3 is 1.81 bits per heavy atom. The number of phenols is 2. The quantitative estimate of drug-likeness (QED) is 0.0350. The number of aliphatic hydroxyl groups excluding tert-OH is 2. The van der Waals surface area contributed by atoms with Crippen LogP contribution in [0, 0.1) is 6.92 Å². The topological polar surface area (TPSA) is 405 Å². The molecule has 10 N–H and O–H groups in total. The van der Waals surface area contributed by atoms with Crippen molar-refractivity contribution in [2.75, 3.05) is 26.4 Å². The highest BCUT2D eigenvalue weighted by Gasteiger charge is 2.26. The third kappa shape index (κ3) is 10.3. The van der Waals surface area contributed by atoms with E-state index in [9.17, 15) is 69.8 Å². The van der Waals surface area contributed by atoms with Crippen molar-refractivity contribution in [1.29, 1.82) is 0 Å². The lowest BCUT2D eigenvalue weighted by molar-refractivity contribution is 0.0997. The molecule has 0 radical (unpaired) electrons. The zero-order chi connectivity index (χ0) is 47.5. The summed E-state index contributed by atoms with van der Waals surface area (Å²) in [6.45, 7) is 0.745. The zero-order valence-corrected chi connectivity index (χ0v) is 35.5. The molecular weight excluding hydrogens is 913 g/mol. The minimum absolute atomic E-state index is 0.0900. The van der Waals surface area contributed by atoms with Gasteiger partial charge in [-0.15, -0.1) is 25.6 Å². The van der Waals surface area contributed by atoms with E-state index in [-0.39, 0.29) is 51.7 Å². The van der Waals surface area contributed by atoms with Crippen LogP contribution < -0.4 is 20.8 Å². The van der Waals surface area contributed by atoms with E-state index >= 15 is 0 Å². The Kier molecular flexibility index (Phi) is 14.1. The molecule has 0 saturated heterocycles. The van der Waals surface area contributed by atoms with Crippen molar-refractivity contribution < 1.29 is 74.5 Å². The number of amides is 1. The highest BCUT2D eigenvalue weighted by atomic mass is 32.2. The largest absolute Gasteiger partial charge is 0.507 e. The standard InChI is InChI=1S/C36H36N8O17S3/c1-4-44-35(50)29(34(37)49)17(2)31(36(44)51)42-38-19-5-6-21(27(13-19)63(54,55)56)39-40-22-15-26(61-10-8-46)23(16-25(22)60-9-7-45)41-43-32-28(64(57,58)59)12-18-11-20(62(3,52)53)14-24(47)30(18)33(32)48/h5-6,11-16,45-48,51H,3-4,7-10H2,1-2H3,(H2,37,49)(H,52,53)(H,54,55,56)(H,57,58,59). The Hall–Kier alpha value is -6.92. The molecule has 28 heteroatoms. The number of fused-ring (bicyclic) bond motifs is 1. The van der Waals surface area contributed by atoms with Gasteiger partial charge in [-0.3, -0.25) is 23.3 Å². The van der Waals surface area contributed by atoms with E-state index in [4.69, 9.17) is 15.2 Å². The molecule has 1 amide bonds. The molecule has 5 rings (SSSR count). The van der Waals surface area contributed by atoms with E-state index < -0.39 is 122 Å². The van der Waals surface area contributed by atoms with E-state index in [0.29, 0.717) is 0 Å². The molecule has 0 bridgehead atoms. The van der Waals surface area contributed by atoms with Crippen LogP contribution in [-0.2, 0) is 36.6 Å². The molecule has 0 fully saturated rings. The number of benzene rings is 4. The molecule has 64 heavy (non-hydrogen) atoms. The number of rotatable bonds is 17. The third-order valence-corrected chi connectivity index (χ3v) is 11.4. The van der Waals surface area contributed by atoms with E-state index in [1.165, 1.54) is 19.9 Å². The first kappa shape index (κ1) is 48.1. The Bertz CT molecular complexity index is 3210. The number of aromatic hydroxyl groups is 3. The highest BCUT2D eigenvalue weighted by Crippen LogP contribution is 2.47. The lowest BCUT2D eigenvalue weighted by atomic mass is 10.1. The first-order valence-corrected chi connectivity index (χ1v) is 22.4. The Labute approximate surface area is 361 Å². The van der Waals surface area contributed by atoms with Gasteiger partial charge in [0.2, 0.25) is 5.88 Å². The van der Waals surface area contributed by atoms with Crippen LogP contribution in [0.25, 0.3) is 10.8 Å². The molecule has 0 aliphatic carbocycles. The van der Waals surface area contributed by atoms with Gasteiger partial charge in [-0.05, 0) is 61.5 Å². The Morgan fingerprint density at radius 2 is 1.30 bits per heavy atom. The predicted molar refractivity (Wildman–Crippen MR) is 225 cm³/mol. The molecule has 0 aliphatic heterocycles. The number of hydrogen-bond donors (Lipinski definition) is 9. The molecule has 25 nitrogen and oxygen atoms in total. The summed E-state index contributed by atoms with van der Waals surface area (Å²) < 4.78 is 104. The zero-order valence-electron chi connectivity index (χ0n) is 33.0. The fourth-order valence-electron chi connectivity index (χ4n) is 5.84. The van der Waals surface area contributed by atoms with Crippen molar-refractivity contribution in [2.45, 2.75) is 35.1 Å². The second-order valence-electron chi connectivity index (χ2n) is 13.0. The average Bonchev–Trinajstić information content (AvgIpc) is 3.20. The molecule has 1 atom stereocenters. The van der Waals surface area contributed by atoms with Gasteiger partial charge in [0.25, 0.3) is 31.7 Å². The van der Waals surface area contributed by atoms with Crippen LogP contribution in [0.15, 0.2) is 98.7 Å². The fourth-order valence-corrected chi connectivity index (χ4v) is 7.74. The van der Waals surface area contributed by atoms with Crippen LogP contribution in [0.1, 0.15) is 22.8 Å². The minimum Gasteiger partial charge on any atom is -0.507 e. The Balaban J connectivity index is 1.63. The van der Waals surface area contributed by atoms with Crippen molar-refractivity contribution in [3.8, 4) is 28.9 Å². The molecule has 4 aromatic carbocycles. The van der Waals surface area contributed by atoms with Crippen LogP contribution in [0.2, 0.25) is 0 Å². The SMILES string of the molecule is C=S(=O)(O)c1cc(O)c2c(O)c(N=Nc3cc(OCCO)c(N=Nc4ccc(N=Nc5c(C)c(C(N)=O)c(=O)n(CC)c5O)cc4S(=O)(=O)O)cc3OCCO)c(S(=O)(=O)O)cc2c1. The number of aliphatic hydroxyl groups is 2. The van der Waals surface area contributed by atoms with Gasteiger partial charge in [0, 0.05) is 24.2 Å². The predicted octanol–water partition coefficient (Wildman–Crippen LogP) is 4.58. The molecule has 1 aromatic heterocycles. The summed E-state index contributed by atoms with van der Waals surface area (Å²) in [6, 6.07) is 7.61. The van der Waals surface area contributed by atoms with Crippen LogP contribution in [0.3, 0.4) is 0 Å². The molecular formula is C36H36N8O17S3. The van der Waals surface area contributed by atoms with Gasteiger partial charge in [-0.2, -0.15) is 21.9 Å². The van der Waals surface area contributed by atoms with Gasteiger partial charge in [0.1, 0.15) is 84.1 Å². The monoisotopic (exact) mass is 948 g/mol. The molecule has 1 unspecified atom stereocenters. The second-order valence-corrected chi connectivity index (χ2v) is 17.5. The fraction of sp³-hybridized carbons (Fsp3) is 0.194. The number of nitrogens with two attached hydrogens (primary N) is 1. The van der Waals surface area contributed by atoms with Gasteiger partial charge in [-0.1, -0.05) is 0 Å². The van der Waals surface area contributed by atoms with E-state index in [2.05, 4.69) is 36.6 Å². The lowest BCUT2D eigenvalue weighted by Crippen LogP contribution is -2.30. The molecule has 0 spiro atoms. The van der Waals surface area contributed by atoms with Crippen LogP contribution >= 0.6 is 0 Å². The number of azo groups is 3. The lowest BCUT2D eigenvalue weighted by Gasteiger charge is -2.14. The molecule has 1 heterocycles. The van der Waals surface area contributed by atoms with E-state index in [1.54, 1.807) is 0 Å². The number of primary amides is 1. The molecule has 0 saturated carbocycles. The average molecular weight is 949 g/mol. The number of nitrogens with zero attached hydrogens (tertiary/aromatic N) is 7. The summed E-state index contributed by atoms with van der Waals surface area (Å²) in [4.78, 5) is 22.3. The van der Waals surface area contributed by atoms with Gasteiger partial charge < -0.3 is 45.3 Å². The number of ether oxygens (including phenoxy) is 2. The summed E-state index contributed by atoms with van der Waals surface area (Å²) in [6.07, 6.45) is 0. The van der Waals surface area contributed by atoms with Crippen LogP contribution in [0.5, 0.6) is 28.9 Å². The minimum atomic E-state index is -5.24. The van der Waals surface area contributed by atoms with Crippen LogP contribution in [0.4, 0.5) is 34.1 Å². The summed E-state index contributed by atoms with van der Waals surface area (Å²) in [5.74, 6) is -1.13. The van der Waals surface area contributed by atoms with Gasteiger partial charge in [0.05, 0.1) is 29.2 Å². The second kappa shape index (κ2) is 18.8. The number of carbonyl (C=O) groups is 1. The summed E-state index contributed by atoms with van der Waals surface area (Å²) >= 11 is 0. The number of phenolic OH excluding ortho intramolecular Hbond substituents is 2. The number of pyridine rings is 1. The van der Waals surface area contributed by atoms with Crippen molar-refractivity contribution in [2.24, 2.45) is 36.4 Å². The number of carbonyl (C=O) groups excluding carboxylic acids is 1. The van der Waals surface area contributed by atoms with Gasteiger partial charge >= 0.3 is 0 Å². The maximum Gasteiger partial charge on any atom is 0.296 e. The van der Waals surface area contributed by atoms with Gasteiger partial charge in [-0.25, -0.2) is 4.21 Å². The van der Waals surface area contributed by atoms with Crippen molar-refractivity contribution in [3.63, 3.8) is 0 Å². The first-order valence-electron chi connectivity index (χ1n) is 17.8. The van der Waals surface area contributed by atoms with Crippen molar-refractivity contribution in [3.05, 3.63) is 70.0 Å². The smallest absolute Gasteiger partial charge is 0.296 e. The van der Waals surface area contributed by atoms with E-state index in [1.807, 2.05) is 0 Å². The summed E-state index contributed by atoms with van der Waals surface area (Å²) in [5, 5.41) is 74.0. The van der Waals surface area contributed by atoms with Crippen molar-refractivity contribution >= 4 is 86.7 Å². The normalized spacial score (nSPS) is 13.3. The first-order chi connectivity index (χ1) is 29.9. The number of hydrogen-bond acceptors (Lipinski definition) is 20. The highest BCUT2D eigenvalue weighted by molar-refractivity contribution is 7.95. The summed E-state index contributed by atoms with van der Waals surface area (Å²) in [7, 11) is -14.3. The van der Waals surface area contributed by atoms with E-state index in [0.717, 1.165) is 47.0 Å². The van der Waals surface area contributed by atoms with Crippen molar-refractivity contribution in [1.82, 2.24) is 4.57 Å². The maximum absolute atomic E-state index is 12.6. The molecule has 0 aliphatic rings. The van der Waals surface area contributed by atoms with Crippen LogP contribution in [-0.4, -0.2) is 103 Å². The molecule has 340 valence electrons. The van der Waals surface area contributed by atoms with Gasteiger partial charge in [0.15, 0.2) is 5.75 Å². The maximum atomic E-state index is 12.6. The third-order valence-electron chi connectivity index (χ3n) is 8.72.